The molecule has 3 N–H and O–H groups in total. The number of nitrogens with two attached hydrogens (primary N) is 1. The summed E-state index contributed by atoms with van der Waals surface area (Å²) in [5.41, 5.74) is 7.13. The number of carbonyl (C=O) groups excluding carboxylic acids is 1. The highest BCUT2D eigenvalue weighted by molar-refractivity contribution is 6.34. The molecule has 0 aliphatic carbocycles. The van der Waals surface area contributed by atoms with Crippen LogP contribution in [0.1, 0.15) is 10.4 Å². The molecule has 98 valence electrons. The van der Waals surface area contributed by atoms with E-state index in [9.17, 15) is 4.79 Å². The summed E-state index contributed by atoms with van der Waals surface area (Å²) in [7, 11) is 1.58. The Hall–Kier alpha value is -2.20. The first-order valence-corrected chi connectivity index (χ1v) is 5.98. The number of amides is 1. The number of hydrogen-bond donors (Lipinski definition) is 2. The minimum Gasteiger partial charge on any atom is -0.497 e. The van der Waals surface area contributed by atoms with Crippen LogP contribution in [0.5, 0.6) is 5.75 Å². The van der Waals surface area contributed by atoms with Crippen LogP contribution in [0, 0.1) is 0 Å². The molecule has 0 aromatic heterocycles. The smallest absolute Gasteiger partial charge is 0.257 e. The van der Waals surface area contributed by atoms with E-state index in [2.05, 4.69) is 5.32 Å². The number of hydrogen-bond acceptors (Lipinski definition) is 3. The van der Waals surface area contributed by atoms with Gasteiger partial charge in [-0.1, -0.05) is 11.6 Å². The van der Waals surface area contributed by atoms with E-state index in [1.807, 2.05) is 0 Å². The van der Waals surface area contributed by atoms with Crippen LogP contribution in [0.3, 0.4) is 0 Å². The third kappa shape index (κ3) is 3.17. The Morgan fingerprint density at radius 1 is 1.21 bits per heavy atom. The second-order valence-corrected chi connectivity index (χ2v) is 4.33. The van der Waals surface area contributed by atoms with Crippen molar-refractivity contribution in [1.82, 2.24) is 0 Å². The number of rotatable bonds is 3. The fourth-order valence-electron chi connectivity index (χ4n) is 1.59. The molecule has 0 atom stereocenters. The van der Waals surface area contributed by atoms with Crippen LogP contribution in [0.4, 0.5) is 11.4 Å². The maximum absolute atomic E-state index is 12.1. The van der Waals surface area contributed by atoms with Crippen molar-refractivity contribution in [2.24, 2.45) is 0 Å². The van der Waals surface area contributed by atoms with E-state index in [1.165, 1.54) is 0 Å². The summed E-state index contributed by atoms with van der Waals surface area (Å²) in [6, 6.07) is 11.8. The van der Waals surface area contributed by atoms with Gasteiger partial charge in [-0.05, 0) is 42.5 Å². The number of halogens is 1. The van der Waals surface area contributed by atoms with Crippen molar-refractivity contribution in [2.75, 3.05) is 18.2 Å². The zero-order valence-corrected chi connectivity index (χ0v) is 11.1. The molecule has 2 aromatic rings. The molecular weight excluding hydrogens is 264 g/mol. The summed E-state index contributed by atoms with van der Waals surface area (Å²) in [6.07, 6.45) is 0. The summed E-state index contributed by atoms with van der Waals surface area (Å²) in [5.74, 6) is 0.419. The summed E-state index contributed by atoms with van der Waals surface area (Å²) in [6.45, 7) is 0. The first kappa shape index (κ1) is 13.2. The predicted molar refractivity (Wildman–Crippen MR) is 76.8 cm³/mol. The van der Waals surface area contributed by atoms with Gasteiger partial charge in [0.15, 0.2) is 0 Å². The number of anilines is 2. The van der Waals surface area contributed by atoms with Crippen molar-refractivity contribution in [3.05, 3.63) is 53.1 Å². The summed E-state index contributed by atoms with van der Waals surface area (Å²) in [4.78, 5) is 12.1. The highest BCUT2D eigenvalue weighted by atomic mass is 35.5. The Kier molecular flexibility index (Phi) is 3.92. The van der Waals surface area contributed by atoms with E-state index < -0.39 is 0 Å². The van der Waals surface area contributed by atoms with E-state index in [0.717, 1.165) is 5.75 Å². The van der Waals surface area contributed by atoms with E-state index in [4.69, 9.17) is 22.1 Å². The van der Waals surface area contributed by atoms with Gasteiger partial charge in [-0.15, -0.1) is 0 Å². The molecule has 19 heavy (non-hydrogen) atoms. The normalized spacial score (nSPS) is 10.0. The molecule has 5 heteroatoms. The maximum Gasteiger partial charge on any atom is 0.257 e. The fraction of sp³-hybridized carbons (Fsp3) is 0.0714. The number of ether oxygens (including phenoxy) is 1. The zero-order chi connectivity index (χ0) is 13.8. The van der Waals surface area contributed by atoms with Crippen LogP contribution in [0.15, 0.2) is 42.5 Å². The third-order valence-electron chi connectivity index (χ3n) is 2.58. The first-order chi connectivity index (χ1) is 9.10. The summed E-state index contributed by atoms with van der Waals surface area (Å²) < 4.78 is 5.04. The van der Waals surface area contributed by atoms with Gasteiger partial charge in [0.1, 0.15) is 5.75 Å². The van der Waals surface area contributed by atoms with Gasteiger partial charge in [-0.25, -0.2) is 0 Å². The Morgan fingerprint density at radius 3 is 2.53 bits per heavy atom. The number of carbonyl (C=O) groups is 1. The van der Waals surface area contributed by atoms with Crippen molar-refractivity contribution in [3.8, 4) is 5.75 Å². The topological polar surface area (TPSA) is 64.3 Å². The van der Waals surface area contributed by atoms with E-state index in [1.54, 1.807) is 49.6 Å². The molecule has 0 aliphatic heterocycles. The number of nitrogens with one attached hydrogen (secondary N) is 1. The molecule has 0 saturated heterocycles. The second-order valence-electron chi connectivity index (χ2n) is 3.92. The molecule has 0 unspecified atom stereocenters. The molecule has 2 aromatic carbocycles. The number of methoxy groups -OCH3 is 1. The SMILES string of the molecule is COc1ccc(NC(=O)c2cc(N)ccc2Cl)cc1. The second kappa shape index (κ2) is 5.63. The Morgan fingerprint density at radius 2 is 1.89 bits per heavy atom. The molecule has 0 bridgehead atoms. The van der Waals surface area contributed by atoms with Crippen LogP contribution < -0.4 is 15.8 Å². The van der Waals surface area contributed by atoms with Crippen LogP contribution in [0.2, 0.25) is 5.02 Å². The van der Waals surface area contributed by atoms with Crippen LogP contribution in [-0.2, 0) is 0 Å². The van der Waals surface area contributed by atoms with E-state index in [-0.39, 0.29) is 5.91 Å². The van der Waals surface area contributed by atoms with Crippen molar-refractivity contribution in [1.29, 1.82) is 0 Å². The lowest BCUT2D eigenvalue weighted by Crippen LogP contribution is -2.12. The lowest BCUT2D eigenvalue weighted by atomic mass is 10.2. The van der Waals surface area contributed by atoms with Crippen molar-refractivity contribution in [3.63, 3.8) is 0 Å². The van der Waals surface area contributed by atoms with Gasteiger partial charge in [-0.2, -0.15) is 0 Å². The molecular formula is C14H13ClN2O2. The lowest BCUT2D eigenvalue weighted by molar-refractivity contribution is 0.102. The molecule has 0 fully saturated rings. The van der Waals surface area contributed by atoms with Crippen LogP contribution >= 0.6 is 11.6 Å². The van der Waals surface area contributed by atoms with Crippen molar-refractivity contribution in [2.45, 2.75) is 0 Å². The summed E-state index contributed by atoms with van der Waals surface area (Å²) >= 11 is 5.97. The van der Waals surface area contributed by atoms with Crippen LogP contribution in [-0.4, -0.2) is 13.0 Å². The number of nitrogen functional groups attached to an aromatic ring is 1. The van der Waals surface area contributed by atoms with Gasteiger partial charge in [-0.3, -0.25) is 4.79 Å². The highest BCUT2D eigenvalue weighted by Gasteiger charge is 2.11. The fourth-order valence-corrected chi connectivity index (χ4v) is 1.79. The van der Waals surface area contributed by atoms with Gasteiger partial charge < -0.3 is 15.8 Å². The zero-order valence-electron chi connectivity index (χ0n) is 10.3. The standard InChI is InChI=1S/C14H13ClN2O2/c1-19-11-5-3-10(4-6-11)17-14(18)12-8-9(16)2-7-13(12)15/h2-8H,16H2,1H3,(H,17,18). The minimum atomic E-state index is -0.303. The first-order valence-electron chi connectivity index (χ1n) is 5.60. The van der Waals surface area contributed by atoms with E-state index in [0.29, 0.717) is 22.0 Å². The molecule has 4 nitrogen and oxygen atoms in total. The highest BCUT2D eigenvalue weighted by Crippen LogP contribution is 2.21. The van der Waals surface area contributed by atoms with Gasteiger partial charge in [0, 0.05) is 11.4 Å². The van der Waals surface area contributed by atoms with Gasteiger partial charge in [0.05, 0.1) is 17.7 Å². The molecule has 2 rings (SSSR count). The average Bonchev–Trinajstić information content (AvgIpc) is 2.42. The lowest BCUT2D eigenvalue weighted by Gasteiger charge is -2.08. The minimum absolute atomic E-state index is 0.303. The largest absolute Gasteiger partial charge is 0.497 e. The maximum atomic E-state index is 12.1. The van der Waals surface area contributed by atoms with Gasteiger partial charge >= 0.3 is 0 Å². The van der Waals surface area contributed by atoms with Crippen molar-refractivity contribution < 1.29 is 9.53 Å². The quantitative estimate of drug-likeness (QED) is 0.846. The predicted octanol–water partition coefficient (Wildman–Crippen LogP) is 3.18. The molecule has 0 saturated carbocycles. The molecule has 0 radical (unpaired) electrons. The Balaban J connectivity index is 2.18. The number of benzene rings is 2. The van der Waals surface area contributed by atoms with Gasteiger partial charge in [0.25, 0.3) is 5.91 Å². The average molecular weight is 277 g/mol. The molecule has 0 spiro atoms. The van der Waals surface area contributed by atoms with Crippen molar-refractivity contribution >= 4 is 28.9 Å². The molecule has 0 heterocycles. The monoisotopic (exact) mass is 276 g/mol. The van der Waals surface area contributed by atoms with Gasteiger partial charge in [0.2, 0.25) is 0 Å². The van der Waals surface area contributed by atoms with E-state index >= 15 is 0 Å². The van der Waals surface area contributed by atoms with Crippen LogP contribution in [0.25, 0.3) is 0 Å². The molecule has 1 amide bonds. The third-order valence-corrected chi connectivity index (χ3v) is 2.91. The Bertz CT molecular complexity index is 597. The summed E-state index contributed by atoms with van der Waals surface area (Å²) in [5, 5.41) is 3.10. The molecule has 0 aliphatic rings. The Labute approximate surface area is 116 Å².